The predicted molar refractivity (Wildman–Crippen MR) is 81.3 cm³/mol. The summed E-state index contributed by atoms with van der Waals surface area (Å²) in [5.41, 5.74) is 2.41. The Balaban J connectivity index is 1.96. The maximum absolute atomic E-state index is 5.79. The highest BCUT2D eigenvalue weighted by molar-refractivity contribution is 5.39. The van der Waals surface area contributed by atoms with Crippen LogP contribution in [-0.2, 0) is 7.05 Å². The Hall–Kier alpha value is -1.88. The zero-order valence-corrected chi connectivity index (χ0v) is 12.6. The van der Waals surface area contributed by atoms with Crippen molar-refractivity contribution in [3.63, 3.8) is 0 Å². The lowest BCUT2D eigenvalue weighted by atomic mass is 9.85. The summed E-state index contributed by atoms with van der Waals surface area (Å²) < 4.78 is 7.66. The van der Waals surface area contributed by atoms with Crippen molar-refractivity contribution in [3.05, 3.63) is 41.7 Å². The third-order valence-electron chi connectivity index (χ3n) is 4.09. The number of aryl methyl sites for hydroxylation is 1. The van der Waals surface area contributed by atoms with Crippen LogP contribution < -0.4 is 10.1 Å². The Morgan fingerprint density at radius 2 is 2.29 bits per heavy atom. The lowest BCUT2D eigenvalue weighted by Crippen LogP contribution is -2.32. The summed E-state index contributed by atoms with van der Waals surface area (Å²) in [6.07, 6.45) is 3.97. The maximum Gasteiger partial charge on any atom is 0.122 e. The van der Waals surface area contributed by atoms with Gasteiger partial charge in [0.15, 0.2) is 0 Å². The van der Waals surface area contributed by atoms with Crippen LogP contribution >= 0.6 is 0 Å². The largest absolute Gasteiger partial charge is 0.493 e. The standard InChI is InChI=1S/C16H22N4O/c1-3-9-17-16(14-11-18-19-20(14)2)13-8-10-21-15-7-5-4-6-12(13)15/h4-7,11,13,16-17H,3,8-10H2,1-2H3. The first kappa shape index (κ1) is 14.1. The van der Waals surface area contributed by atoms with Crippen molar-refractivity contribution in [3.8, 4) is 5.75 Å². The van der Waals surface area contributed by atoms with Gasteiger partial charge in [-0.1, -0.05) is 30.3 Å². The molecule has 0 aliphatic carbocycles. The van der Waals surface area contributed by atoms with E-state index >= 15 is 0 Å². The first-order valence-corrected chi connectivity index (χ1v) is 7.61. The molecule has 1 aliphatic heterocycles. The van der Waals surface area contributed by atoms with Crippen molar-refractivity contribution < 1.29 is 4.74 Å². The minimum absolute atomic E-state index is 0.218. The van der Waals surface area contributed by atoms with Crippen LogP contribution in [0.1, 0.15) is 43.0 Å². The minimum atomic E-state index is 0.218. The molecule has 2 unspecified atom stereocenters. The Morgan fingerprint density at radius 3 is 3.05 bits per heavy atom. The number of fused-ring (bicyclic) bond motifs is 1. The van der Waals surface area contributed by atoms with Crippen molar-refractivity contribution in [2.75, 3.05) is 13.2 Å². The third-order valence-corrected chi connectivity index (χ3v) is 4.09. The van der Waals surface area contributed by atoms with Crippen LogP contribution in [0, 0.1) is 0 Å². The van der Waals surface area contributed by atoms with Gasteiger partial charge in [-0.25, -0.2) is 0 Å². The molecule has 0 radical (unpaired) electrons. The smallest absolute Gasteiger partial charge is 0.122 e. The Labute approximate surface area is 125 Å². The van der Waals surface area contributed by atoms with Gasteiger partial charge in [-0.3, -0.25) is 4.68 Å². The van der Waals surface area contributed by atoms with E-state index in [4.69, 9.17) is 4.74 Å². The van der Waals surface area contributed by atoms with Crippen LogP contribution in [-0.4, -0.2) is 28.1 Å². The Kier molecular flexibility index (Phi) is 4.20. The van der Waals surface area contributed by atoms with Gasteiger partial charge in [-0.2, -0.15) is 0 Å². The topological polar surface area (TPSA) is 52.0 Å². The Bertz CT molecular complexity index is 595. The second kappa shape index (κ2) is 6.26. The van der Waals surface area contributed by atoms with E-state index in [2.05, 4.69) is 40.8 Å². The Morgan fingerprint density at radius 1 is 1.43 bits per heavy atom. The van der Waals surface area contributed by atoms with Gasteiger partial charge in [0, 0.05) is 13.0 Å². The molecule has 1 aromatic carbocycles. The molecule has 2 aromatic rings. The molecule has 1 N–H and O–H groups in total. The molecule has 0 saturated heterocycles. The van der Waals surface area contributed by atoms with Gasteiger partial charge >= 0.3 is 0 Å². The first-order chi connectivity index (χ1) is 10.3. The van der Waals surface area contributed by atoms with E-state index in [0.29, 0.717) is 5.92 Å². The summed E-state index contributed by atoms with van der Waals surface area (Å²) in [5, 5.41) is 11.8. The lowest BCUT2D eigenvalue weighted by Gasteiger charge is -2.32. The number of para-hydroxylation sites is 1. The summed E-state index contributed by atoms with van der Waals surface area (Å²) in [5.74, 6) is 1.39. The second-order valence-electron chi connectivity index (χ2n) is 5.50. The second-order valence-corrected chi connectivity index (χ2v) is 5.50. The fraction of sp³-hybridized carbons (Fsp3) is 0.500. The molecule has 0 bridgehead atoms. The molecule has 0 fully saturated rings. The SMILES string of the molecule is CCCNC(c1cnnn1C)C1CCOc2ccccc21. The quantitative estimate of drug-likeness (QED) is 0.917. The molecule has 2 atom stereocenters. The van der Waals surface area contributed by atoms with Crippen molar-refractivity contribution >= 4 is 0 Å². The predicted octanol–water partition coefficient (Wildman–Crippen LogP) is 2.42. The summed E-state index contributed by atoms with van der Waals surface area (Å²) in [6, 6.07) is 8.55. The number of benzene rings is 1. The number of ether oxygens (including phenoxy) is 1. The van der Waals surface area contributed by atoms with Crippen molar-refractivity contribution in [1.29, 1.82) is 0 Å². The fourth-order valence-corrected chi connectivity index (χ4v) is 3.05. The molecular formula is C16H22N4O. The molecule has 5 nitrogen and oxygen atoms in total. The molecular weight excluding hydrogens is 264 g/mol. The number of hydrogen-bond donors (Lipinski definition) is 1. The summed E-state index contributed by atoms with van der Waals surface area (Å²) in [4.78, 5) is 0. The summed E-state index contributed by atoms with van der Waals surface area (Å²) >= 11 is 0. The van der Waals surface area contributed by atoms with Crippen molar-refractivity contribution in [2.45, 2.75) is 31.7 Å². The van der Waals surface area contributed by atoms with Crippen molar-refractivity contribution in [1.82, 2.24) is 20.3 Å². The molecule has 21 heavy (non-hydrogen) atoms. The van der Waals surface area contributed by atoms with Gasteiger partial charge in [0.05, 0.1) is 24.5 Å². The molecule has 5 heteroatoms. The minimum Gasteiger partial charge on any atom is -0.493 e. The molecule has 1 aliphatic rings. The zero-order chi connectivity index (χ0) is 14.7. The van der Waals surface area contributed by atoms with Crippen molar-refractivity contribution in [2.24, 2.45) is 7.05 Å². The maximum atomic E-state index is 5.79. The number of nitrogens with zero attached hydrogens (tertiary/aromatic N) is 3. The molecule has 2 heterocycles. The normalized spacial score (nSPS) is 18.9. The zero-order valence-electron chi connectivity index (χ0n) is 12.6. The molecule has 1 aromatic heterocycles. The molecule has 3 rings (SSSR count). The van der Waals surface area contributed by atoms with E-state index in [1.54, 1.807) is 0 Å². The number of aromatic nitrogens is 3. The van der Waals surface area contributed by atoms with Crippen LogP contribution in [0.2, 0.25) is 0 Å². The van der Waals surface area contributed by atoms with Crippen LogP contribution in [0.15, 0.2) is 30.5 Å². The van der Waals surface area contributed by atoms with E-state index < -0.39 is 0 Å². The van der Waals surface area contributed by atoms with Crippen LogP contribution in [0.25, 0.3) is 0 Å². The van der Waals surface area contributed by atoms with E-state index in [1.165, 1.54) is 5.56 Å². The molecule has 112 valence electrons. The van der Waals surface area contributed by atoms with E-state index in [1.807, 2.05) is 24.0 Å². The van der Waals surface area contributed by atoms with E-state index in [9.17, 15) is 0 Å². The average Bonchev–Trinajstić information content (AvgIpc) is 2.94. The van der Waals surface area contributed by atoms with Crippen LogP contribution in [0.4, 0.5) is 0 Å². The molecule has 0 spiro atoms. The first-order valence-electron chi connectivity index (χ1n) is 7.61. The highest BCUT2D eigenvalue weighted by Gasteiger charge is 2.31. The van der Waals surface area contributed by atoms with Gasteiger partial charge in [-0.05, 0) is 31.0 Å². The number of rotatable bonds is 5. The summed E-state index contributed by atoms with van der Waals surface area (Å²) in [6.45, 7) is 3.93. The van der Waals surface area contributed by atoms with Crippen LogP contribution in [0.3, 0.4) is 0 Å². The van der Waals surface area contributed by atoms with E-state index in [-0.39, 0.29) is 6.04 Å². The lowest BCUT2D eigenvalue weighted by molar-refractivity contribution is 0.243. The van der Waals surface area contributed by atoms with Gasteiger partial charge in [0.25, 0.3) is 0 Å². The number of hydrogen-bond acceptors (Lipinski definition) is 4. The molecule has 0 amide bonds. The van der Waals surface area contributed by atoms with Gasteiger partial charge in [0.1, 0.15) is 5.75 Å². The van der Waals surface area contributed by atoms with Gasteiger partial charge < -0.3 is 10.1 Å². The van der Waals surface area contributed by atoms with Gasteiger partial charge in [-0.15, -0.1) is 5.10 Å². The molecule has 0 saturated carbocycles. The monoisotopic (exact) mass is 286 g/mol. The van der Waals surface area contributed by atoms with E-state index in [0.717, 1.165) is 37.4 Å². The third kappa shape index (κ3) is 2.78. The average molecular weight is 286 g/mol. The van der Waals surface area contributed by atoms with Gasteiger partial charge in [0.2, 0.25) is 0 Å². The highest BCUT2D eigenvalue weighted by atomic mass is 16.5. The fourth-order valence-electron chi connectivity index (χ4n) is 3.05. The van der Waals surface area contributed by atoms with Crippen LogP contribution in [0.5, 0.6) is 5.75 Å². The highest BCUT2D eigenvalue weighted by Crippen LogP contribution is 2.40. The summed E-state index contributed by atoms with van der Waals surface area (Å²) in [7, 11) is 1.95. The number of nitrogens with one attached hydrogen (secondary N) is 1.